The largest absolute Gasteiger partial charge is 0.495 e. The zero-order chi connectivity index (χ0) is 19.5. The van der Waals surface area contributed by atoms with Crippen LogP contribution in [0, 0.1) is 0 Å². The van der Waals surface area contributed by atoms with Crippen molar-refractivity contribution in [3.63, 3.8) is 0 Å². The number of methoxy groups -OCH3 is 1. The normalized spacial score (nSPS) is 10.6. The summed E-state index contributed by atoms with van der Waals surface area (Å²) in [6.07, 6.45) is 1.69. The lowest BCUT2D eigenvalue weighted by molar-refractivity contribution is -0.123. The second-order valence-electron chi connectivity index (χ2n) is 6.14. The van der Waals surface area contributed by atoms with Crippen LogP contribution in [0.1, 0.15) is 18.2 Å². The number of nitrogens with zero attached hydrogens (tertiary/aromatic N) is 1. The molecule has 0 spiro atoms. The summed E-state index contributed by atoms with van der Waals surface area (Å²) in [5.41, 5.74) is 0.627. The molecule has 0 bridgehead atoms. The topological polar surface area (TPSA) is 70.7 Å². The number of para-hydroxylation sites is 2. The van der Waals surface area contributed by atoms with Gasteiger partial charge in [0.2, 0.25) is 11.8 Å². The number of hydrogen-bond donors (Lipinski definition) is 2. The van der Waals surface area contributed by atoms with E-state index in [-0.39, 0.29) is 24.9 Å². The van der Waals surface area contributed by atoms with Crippen molar-refractivity contribution in [3.8, 4) is 5.75 Å². The third-order valence-electron chi connectivity index (χ3n) is 3.93. The Hall–Kier alpha value is -2.38. The summed E-state index contributed by atoms with van der Waals surface area (Å²) in [5.74, 6) is 0.378. The molecule has 1 aromatic heterocycles. The van der Waals surface area contributed by atoms with Gasteiger partial charge in [0.1, 0.15) is 5.75 Å². The van der Waals surface area contributed by atoms with Gasteiger partial charge < -0.3 is 15.4 Å². The van der Waals surface area contributed by atoms with E-state index in [0.29, 0.717) is 24.5 Å². The summed E-state index contributed by atoms with van der Waals surface area (Å²) in [7, 11) is 1.56. The Bertz CT molecular complexity index is 719. The van der Waals surface area contributed by atoms with Crippen molar-refractivity contribution in [2.45, 2.75) is 19.8 Å². The number of ether oxygens (including phenoxy) is 1. The fourth-order valence-electron chi connectivity index (χ4n) is 2.71. The van der Waals surface area contributed by atoms with Crippen LogP contribution in [0.5, 0.6) is 5.75 Å². The second-order valence-corrected chi connectivity index (χ2v) is 7.17. The second kappa shape index (κ2) is 11.4. The van der Waals surface area contributed by atoms with Crippen molar-refractivity contribution < 1.29 is 14.3 Å². The molecule has 1 heterocycles. The van der Waals surface area contributed by atoms with Crippen LogP contribution in [-0.4, -0.2) is 50.0 Å². The molecule has 0 aliphatic heterocycles. The first kappa shape index (κ1) is 20.9. The summed E-state index contributed by atoms with van der Waals surface area (Å²) in [4.78, 5) is 27.7. The molecular weight excluding hydrogens is 362 g/mol. The number of carbonyl (C=O) groups is 2. The number of nitrogens with one attached hydrogen (secondary N) is 2. The van der Waals surface area contributed by atoms with Crippen LogP contribution in [0.15, 0.2) is 41.8 Å². The van der Waals surface area contributed by atoms with Gasteiger partial charge in [-0.2, -0.15) is 0 Å². The highest BCUT2D eigenvalue weighted by molar-refractivity contribution is 7.09. The molecule has 0 aliphatic rings. The number of amides is 2. The van der Waals surface area contributed by atoms with E-state index in [1.165, 1.54) is 4.88 Å². The summed E-state index contributed by atoms with van der Waals surface area (Å²) >= 11 is 1.68. The zero-order valence-corrected chi connectivity index (χ0v) is 16.7. The molecule has 0 fully saturated rings. The molecule has 0 saturated carbocycles. The van der Waals surface area contributed by atoms with E-state index in [9.17, 15) is 9.59 Å². The molecular formula is C20H27N3O3S. The van der Waals surface area contributed by atoms with E-state index >= 15 is 0 Å². The molecule has 0 saturated heterocycles. The van der Waals surface area contributed by atoms with Crippen LogP contribution in [0.25, 0.3) is 0 Å². The fourth-order valence-corrected chi connectivity index (χ4v) is 3.42. The van der Waals surface area contributed by atoms with Gasteiger partial charge in [-0.3, -0.25) is 14.5 Å². The number of benzene rings is 1. The Morgan fingerprint density at radius 2 is 1.89 bits per heavy atom. The average Bonchev–Trinajstić information content (AvgIpc) is 3.15. The highest BCUT2D eigenvalue weighted by Crippen LogP contribution is 2.22. The maximum Gasteiger partial charge on any atom is 0.238 e. The third-order valence-corrected chi connectivity index (χ3v) is 4.87. The van der Waals surface area contributed by atoms with Crippen molar-refractivity contribution >= 4 is 28.8 Å². The molecule has 2 amide bonds. The van der Waals surface area contributed by atoms with Crippen LogP contribution in [-0.2, 0) is 16.0 Å². The standard InChI is InChI=1S/C20H27N3O3S/c1-3-12-23(14-19(24)21-11-10-16-7-6-13-27-16)15-20(25)22-17-8-4-5-9-18(17)26-2/h4-9,13H,3,10-12,14-15H2,1-2H3,(H,21,24)(H,22,25). The first-order chi connectivity index (χ1) is 13.1. The van der Waals surface area contributed by atoms with Gasteiger partial charge in [-0.15, -0.1) is 11.3 Å². The molecule has 7 heteroatoms. The van der Waals surface area contributed by atoms with Gasteiger partial charge in [0.25, 0.3) is 0 Å². The van der Waals surface area contributed by atoms with Gasteiger partial charge in [-0.1, -0.05) is 25.1 Å². The molecule has 0 atom stereocenters. The van der Waals surface area contributed by atoms with Gasteiger partial charge in [0.05, 0.1) is 25.9 Å². The first-order valence-electron chi connectivity index (χ1n) is 9.06. The minimum absolute atomic E-state index is 0.0647. The van der Waals surface area contributed by atoms with Gasteiger partial charge in [0.15, 0.2) is 0 Å². The van der Waals surface area contributed by atoms with E-state index in [0.717, 1.165) is 12.8 Å². The monoisotopic (exact) mass is 389 g/mol. The molecule has 2 N–H and O–H groups in total. The van der Waals surface area contributed by atoms with Gasteiger partial charge in [-0.05, 0) is 43.0 Å². The van der Waals surface area contributed by atoms with Crippen molar-refractivity contribution in [2.75, 3.05) is 38.6 Å². The van der Waals surface area contributed by atoms with Crippen molar-refractivity contribution in [2.24, 2.45) is 0 Å². The van der Waals surface area contributed by atoms with Crippen LogP contribution < -0.4 is 15.4 Å². The quantitative estimate of drug-likeness (QED) is 0.620. The Morgan fingerprint density at radius 1 is 1.11 bits per heavy atom. The molecule has 6 nitrogen and oxygen atoms in total. The molecule has 0 radical (unpaired) electrons. The number of hydrogen-bond acceptors (Lipinski definition) is 5. The summed E-state index contributed by atoms with van der Waals surface area (Å²) in [6, 6.07) is 11.3. The van der Waals surface area contributed by atoms with E-state index in [4.69, 9.17) is 4.74 Å². The predicted octanol–water partition coefficient (Wildman–Crippen LogP) is 2.77. The Labute approximate surface area is 164 Å². The highest BCUT2D eigenvalue weighted by atomic mass is 32.1. The van der Waals surface area contributed by atoms with E-state index in [1.54, 1.807) is 30.6 Å². The number of carbonyl (C=O) groups excluding carboxylic acids is 2. The molecule has 0 unspecified atom stereocenters. The maximum atomic E-state index is 12.4. The van der Waals surface area contributed by atoms with Crippen molar-refractivity contribution in [1.29, 1.82) is 0 Å². The summed E-state index contributed by atoms with van der Waals surface area (Å²) in [5, 5.41) is 7.80. The van der Waals surface area contributed by atoms with Crippen LogP contribution in [0.4, 0.5) is 5.69 Å². The Morgan fingerprint density at radius 3 is 2.59 bits per heavy atom. The molecule has 146 valence electrons. The molecule has 2 aromatic rings. The summed E-state index contributed by atoms with van der Waals surface area (Å²) < 4.78 is 5.25. The molecule has 0 aliphatic carbocycles. The maximum absolute atomic E-state index is 12.4. The number of thiophene rings is 1. The molecule has 27 heavy (non-hydrogen) atoms. The highest BCUT2D eigenvalue weighted by Gasteiger charge is 2.15. The SMILES string of the molecule is CCCN(CC(=O)NCCc1cccs1)CC(=O)Nc1ccccc1OC. The van der Waals surface area contributed by atoms with E-state index in [1.807, 2.05) is 35.4 Å². The fraction of sp³-hybridized carbons (Fsp3) is 0.400. The number of rotatable bonds is 11. The molecule has 1 aromatic carbocycles. The van der Waals surface area contributed by atoms with Crippen molar-refractivity contribution in [3.05, 3.63) is 46.7 Å². The predicted molar refractivity (Wildman–Crippen MR) is 109 cm³/mol. The van der Waals surface area contributed by atoms with Crippen LogP contribution >= 0.6 is 11.3 Å². The Balaban J connectivity index is 1.80. The third kappa shape index (κ3) is 7.40. The van der Waals surface area contributed by atoms with Crippen molar-refractivity contribution in [1.82, 2.24) is 10.2 Å². The van der Waals surface area contributed by atoms with Gasteiger partial charge in [-0.25, -0.2) is 0 Å². The lowest BCUT2D eigenvalue weighted by Crippen LogP contribution is -2.42. The molecule has 2 rings (SSSR count). The minimum Gasteiger partial charge on any atom is -0.495 e. The van der Waals surface area contributed by atoms with Gasteiger partial charge >= 0.3 is 0 Å². The van der Waals surface area contributed by atoms with Crippen LogP contribution in [0.2, 0.25) is 0 Å². The summed E-state index contributed by atoms with van der Waals surface area (Å²) in [6.45, 7) is 3.67. The van der Waals surface area contributed by atoms with Crippen LogP contribution in [0.3, 0.4) is 0 Å². The van der Waals surface area contributed by atoms with Gasteiger partial charge in [0, 0.05) is 11.4 Å². The van der Waals surface area contributed by atoms with E-state index < -0.39 is 0 Å². The Kier molecular flexibility index (Phi) is 8.80. The average molecular weight is 390 g/mol. The lowest BCUT2D eigenvalue weighted by Gasteiger charge is -2.21. The first-order valence-corrected chi connectivity index (χ1v) is 9.94. The minimum atomic E-state index is -0.167. The zero-order valence-electron chi connectivity index (χ0n) is 15.9. The number of anilines is 1. The van der Waals surface area contributed by atoms with E-state index in [2.05, 4.69) is 16.7 Å². The smallest absolute Gasteiger partial charge is 0.238 e. The lowest BCUT2D eigenvalue weighted by atomic mass is 10.3.